The van der Waals surface area contributed by atoms with E-state index in [9.17, 15) is 30.3 Å². The Kier molecular flexibility index (Phi) is 11.4. The van der Waals surface area contributed by atoms with Crippen LogP contribution < -0.4 is 15.2 Å². The Labute approximate surface area is 299 Å². The summed E-state index contributed by atoms with van der Waals surface area (Å²) in [4.78, 5) is 13.3. The van der Waals surface area contributed by atoms with E-state index in [1.807, 2.05) is 12.1 Å². The van der Waals surface area contributed by atoms with Gasteiger partial charge in [-0.05, 0) is 108 Å². The van der Waals surface area contributed by atoms with Crippen LogP contribution >= 0.6 is 0 Å². The summed E-state index contributed by atoms with van der Waals surface area (Å²) in [5, 5.41) is 53.8. The monoisotopic (exact) mass is 695 g/mol. The van der Waals surface area contributed by atoms with E-state index in [1.54, 1.807) is 36.4 Å². The SMILES string of the molecule is NCOc1cc(CCC(=O)CC(O)CC2c3cc(O)c(O)c(OCc4cccc(O)c4)c3CCC2C2(c3ccccc3)CCCCC2)ccc1O. The van der Waals surface area contributed by atoms with Gasteiger partial charge in [0.25, 0.3) is 0 Å². The molecule has 0 aliphatic heterocycles. The molecule has 51 heavy (non-hydrogen) atoms. The number of carbonyl (C=O) groups is 1. The van der Waals surface area contributed by atoms with E-state index in [-0.39, 0.29) is 83.7 Å². The number of phenolic OH excluding ortho intramolecular Hbond substituents is 4. The molecule has 1 saturated carbocycles. The van der Waals surface area contributed by atoms with Gasteiger partial charge in [-0.25, -0.2) is 0 Å². The number of Topliss-reactive ketones (excluding diaryl/α,β-unsaturated/α-hetero) is 1. The van der Waals surface area contributed by atoms with E-state index in [0.29, 0.717) is 24.8 Å². The number of carbonyl (C=O) groups excluding carboxylic acids is 1. The Morgan fingerprint density at radius 1 is 0.863 bits per heavy atom. The van der Waals surface area contributed by atoms with Gasteiger partial charge in [0, 0.05) is 18.4 Å². The lowest BCUT2D eigenvalue weighted by molar-refractivity contribution is -0.121. The molecule has 270 valence electrons. The largest absolute Gasteiger partial charge is 0.508 e. The zero-order chi connectivity index (χ0) is 36.0. The normalized spacial score (nSPS) is 18.8. The van der Waals surface area contributed by atoms with Crippen LogP contribution in [0.4, 0.5) is 0 Å². The summed E-state index contributed by atoms with van der Waals surface area (Å²) in [5.74, 6) is -0.250. The van der Waals surface area contributed by atoms with E-state index in [1.165, 1.54) is 18.1 Å². The standard InChI is InChI=1S/C42H49NO8/c43-26-51-39-21-27(13-17-37(39)47)12-14-31(45)22-32(46)23-35-34-24-38(48)40(49)41(50-25-28-8-7-11-30(44)20-28)33(34)15-16-36(35)42(18-5-2-6-19-42)29-9-3-1-4-10-29/h1,3-4,7-11,13,17,20-21,24,32,35-36,44,46-49H,2,5-6,12,14-16,18-19,22-23,25-26,43H2. The minimum atomic E-state index is -0.934. The van der Waals surface area contributed by atoms with Crippen LogP contribution in [0.5, 0.6) is 34.5 Å². The minimum absolute atomic E-state index is 0.0215. The van der Waals surface area contributed by atoms with Crippen molar-refractivity contribution < 1.29 is 39.8 Å². The number of benzene rings is 4. The molecule has 7 N–H and O–H groups in total. The van der Waals surface area contributed by atoms with Crippen molar-refractivity contribution in [3.05, 3.63) is 107 Å². The number of rotatable bonds is 14. The van der Waals surface area contributed by atoms with Crippen molar-refractivity contribution in [2.75, 3.05) is 6.73 Å². The zero-order valence-electron chi connectivity index (χ0n) is 29.0. The van der Waals surface area contributed by atoms with Crippen LogP contribution in [0, 0.1) is 5.92 Å². The van der Waals surface area contributed by atoms with Crippen LogP contribution in [0.15, 0.2) is 78.9 Å². The van der Waals surface area contributed by atoms with Gasteiger partial charge in [0.05, 0.1) is 6.10 Å². The van der Waals surface area contributed by atoms with Gasteiger partial charge in [0.15, 0.2) is 23.0 Å². The Bertz CT molecular complexity index is 1800. The van der Waals surface area contributed by atoms with Crippen LogP contribution in [-0.4, -0.2) is 44.2 Å². The van der Waals surface area contributed by atoms with Crippen molar-refractivity contribution in [2.45, 2.75) is 94.7 Å². The first-order valence-electron chi connectivity index (χ1n) is 18.1. The zero-order valence-corrected chi connectivity index (χ0v) is 29.0. The third kappa shape index (κ3) is 8.10. The number of hydrogen-bond donors (Lipinski definition) is 6. The van der Waals surface area contributed by atoms with Gasteiger partial charge in [-0.3, -0.25) is 10.5 Å². The quantitative estimate of drug-likeness (QED) is 0.0588. The van der Waals surface area contributed by atoms with Crippen molar-refractivity contribution in [1.82, 2.24) is 0 Å². The van der Waals surface area contributed by atoms with Gasteiger partial charge < -0.3 is 35.0 Å². The molecule has 0 bridgehead atoms. The fourth-order valence-electron chi connectivity index (χ4n) is 8.68. The molecule has 4 aromatic rings. The second-order valence-electron chi connectivity index (χ2n) is 14.2. The average molecular weight is 696 g/mol. The number of nitrogens with two attached hydrogens (primary N) is 1. The number of aryl methyl sites for hydroxylation is 1. The van der Waals surface area contributed by atoms with Crippen LogP contribution in [0.1, 0.15) is 91.5 Å². The number of aliphatic hydroxyl groups is 1. The summed E-state index contributed by atoms with van der Waals surface area (Å²) >= 11 is 0. The smallest absolute Gasteiger partial charge is 0.200 e. The minimum Gasteiger partial charge on any atom is -0.508 e. The maximum absolute atomic E-state index is 13.3. The molecule has 0 radical (unpaired) electrons. The van der Waals surface area contributed by atoms with Crippen molar-refractivity contribution in [3.8, 4) is 34.5 Å². The van der Waals surface area contributed by atoms with E-state index in [4.69, 9.17) is 15.2 Å². The summed E-state index contributed by atoms with van der Waals surface area (Å²) in [6, 6.07) is 23.9. The van der Waals surface area contributed by atoms with Crippen molar-refractivity contribution in [1.29, 1.82) is 0 Å². The molecule has 0 aromatic heterocycles. The lowest BCUT2D eigenvalue weighted by Crippen LogP contribution is -2.43. The number of aliphatic hydroxyl groups excluding tert-OH is 1. The topological polar surface area (TPSA) is 163 Å². The molecule has 9 heteroatoms. The van der Waals surface area contributed by atoms with Crippen molar-refractivity contribution >= 4 is 5.78 Å². The number of aromatic hydroxyl groups is 4. The van der Waals surface area contributed by atoms with Crippen LogP contribution in [0.3, 0.4) is 0 Å². The molecule has 3 unspecified atom stereocenters. The van der Waals surface area contributed by atoms with E-state index >= 15 is 0 Å². The maximum atomic E-state index is 13.3. The van der Waals surface area contributed by atoms with Crippen LogP contribution in [0.2, 0.25) is 0 Å². The molecule has 1 fully saturated rings. The third-order valence-corrected chi connectivity index (χ3v) is 11.0. The van der Waals surface area contributed by atoms with Gasteiger partial charge in [-0.15, -0.1) is 0 Å². The molecule has 0 heterocycles. The molecular formula is C42H49NO8. The average Bonchev–Trinajstić information content (AvgIpc) is 3.13. The Morgan fingerprint density at radius 3 is 2.39 bits per heavy atom. The second-order valence-corrected chi connectivity index (χ2v) is 14.2. The summed E-state index contributed by atoms with van der Waals surface area (Å²) < 4.78 is 11.5. The number of phenols is 4. The summed E-state index contributed by atoms with van der Waals surface area (Å²) in [5.41, 5.74) is 9.76. The first-order chi connectivity index (χ1) is 24.7. The van der Waals surface area contributed by atoms with E-state index in [2.05, 4.69) is 24.3 Å². The highest BCUT2D eigenvalue weighted by Gasteiger charge is 2.48. The number of fused-ring (bicyclic) bond motifs is 1. The van der Waals surface area contributed by atoms with Crippen LogP contribution in [-0.2, 0) is 29.7 Å². The Balaban J connectivity index is 1.29. The number of hydrogen-bond acceptors (Lipinski definition) is 9. The van der Waals surface area contributed by atoms with E-state index in [0.717, 1.165) is 48.8 Å². The molecule has 0 spiro atoms. The maximum Gasteiger partial charge on any atom is 0.200 e. The Morgan fingerprint density at radius 2 is 1.65 bits per heavy atom. The number of ether oxygens (including phenoxy) is 2. The highest BCUT2D eigenvalue weighted by molar-refractivity contribution is 5.79. The fourth-order valence-corrected chi connectivity index (χ4v) is 8.68. The van der Waals surface area contributed by atoms with Gasteiger partial charge in [0.2, 0.25) is 5.75 Å². The van der Waals surface area contributed by atoms with Gasteiger partial charge in [-0.2, -0.15) is 0 Å². The van der Waals surface area contributed by atoms with E-state index < -0.39 is 6.10 Å². The summed E-state index contributed by atoms with van der Waals surface area (Å²) in [6.45, 7) is -0.000521. The molecule has 2 aliphatic rings. The summed E-state index contributed by atoms with van der Waals surface area (Å²) in [7, 11) is 0. The molecule has 9 nitrogen and oxygen atoms in total. The Hall–Kier alpha value is -4.73. The van der Waals surface area contributed by atoms with Gasteiger partial charge in [0.1, 0.15) is 24.9 Å². The molecule has 3 atom stereocenters. The lowest BCUT2D eigenvalue weighted by atomic mass is 9.54. The van der Waals surface area contributed by atoms with Crippen molar-refractivity contribution in [3.63, 3.8) is 0 Å². The fraction of sp³-hybridized carbons (Fsp3) is 0.405. The second kappa shape index (κ2) is 16.1. The summed E-state index contributed by atoms with van der Waals surface area (Å²) in [6.07, 6.45) is 6.77. The molecule has 2 aliphatic carbocycles. The first-order valence-corrected chi connectivity index (χ1v) is 18.1. The van der Waals surface area contributed by atoms with Crippen molar-refractivity contribution in [2.24, 2.45) is 11.7 Å². The predicted octanol–water partition coefficient (Wildman–Crippen LogP) is 7.27. The van der Waals surface area contributed by atoms with Gasteiger partial charge in [-0.1, -0.05) is 67.8 Å². The first kappa shape index (κ1) is 36.1. The molecular weight excluding hydrogens is 646 g/mol. The predicted molar refractivity (Wildman–Crippen MR) is 194 cm³/mol. The number of ketones is 1. The molecule has 4 aromatic carbocycles. The third-order valence-electron chi connectivity index (χ3n) is 11.0. The molecule has 0 saturated heterocycles. The van der Waals surface area contributed by atoms with Gasteiger partial charge >= 0.3 is 0 Å². The highest BCUT2D eigenvalue weighted by atomic mass is 16.5. The lowest BCUT2D eigenvalue weighted by Gasteiger charge is -2.50. The van der Waals surface area contributed by atoms with Crippen LogP contribution in [0.25, 0.3) is 0 Å². The molecule has 0 amide bonds. The molecule has 6 rings (SSSR count). The highest BCUT2D eigenvalue weighted by Crippen LogP contribution is 2.58.